The first-order chi connectivity index (χ1) is 10.2. The summed E-state index contributed by atoms with van der Waals surface area (Å²) >= 11 is 0. The number of likely N-dealkylation sites (tertiary alicyclic amines) is 1. The summed E-state index contributed by atoms with van der Waals surface area (Å²) in [6.07, 6.45) is 4.62. The Bertz CT molecular complexity index is 482. The molecule has 1 atom stereocenters. The minimum absolute atomic E-state index is 0.0995. The van der Waals surface area contributed by atoms with Crippen molar-refractivity contribution >= 4 is 12.0 Å². The van der Waals surface area contributed by atoms with Crippen LogP contribution in [0.3, 0.4) is 0 Å². The third-order valence-corrected chi connectivity index (χ3v) is 3.70. The van der Waals surface area contributed by atoms with Crippen LogP contribution >= 0.6 is 0 Å². The van der Waals surface area contributed by atoms with Gasteiger partial charge in [0.15, 0.2) is 0 Å². The summed E-state index contributed by atoms with van der Waals surface area (Å²) in [5.74, 6) is 1.54. The van der Waals surface area contributed by atoms with E-state index in [0.717, 1.165) is 37.4 Å². The summed E-state index contributed by atoms with van der Waals surface area (Å²) in [4.78, 5) is 14.1. The van der Waals surface area contributed by atoms with Gasteiger partial charge in [-0.2, -0.15) is 0 Å². The molecule has 1 aliphatic heterocycles. The minimum Gasteiger partial charge on any atom is -0.494 e. The molecule has 0 radical (unpaired) electrons. The molecule has 0 bridgehead atoms. The Kier molecular flexibility index (Phi) is 5.81. The molecule has 1 amide bonds. The molecule has 21 heavy (non-hydrogen) atoms. The van der Waals surface area contributed by atoms with Crippen molar-refractivity contribution in [2.24, 2.45) is 5.92 Å². The summed E-state index contributed by atoms with van der Waals surface area (Å²) in [5.41, 5.74) is 1.01. The molecule has 1 saturated heterocycles. The molecule has 4 nitrogen and oxygen atoms in total. The first kappa shape index (κ1) is 15.6. The summed E-state index contributed by atoms with van der Waals surface area (Å²) in [5, 5.41) is 3.17. The van der Waals surface area contributed by atoms with Gasteiger partial charge < -0.3 is 15.0 Å². The Morgan fingerprint density at radius 3 is 2.86 bits per heavy atom. The van der Waals surface area contributed by atoms with Gasteiger partial charge in [-0.25, -0.2) is 0 Å². The maximum Gasteiger partial charge on any atom is 0.246 e. The molecule has 0 spiro atoms. The Balaban J connectivity index is 1.87. The van der Waals surface area contributed by atoms with Crippen LogP contribution in [0.15, 0.2) is 30.3 Å². The number of hydrogen-bond donors (Lipinski definition) is 1. The lowest BCUT2D eigenvalue weighted by Crippen LogP contribution is -2.28. The fourth-order valence-corrected chi connectivity index (χ4v) is 2.60. The molecule has 1 aromatic rings. The smallest absolute Gasteiger partial charge is 0.246 e. The number of nitrogens with one attached hydrogen (secondary N) is 1. The standard InChI is InChI=1S/C17H24N2O2/c1-3-21-16-7-4-14(5-8-16)6-9-17(20)19-11-10-15(13-19)12-18-2/h4-9,15,18H,3,10-13H2,1-2H3/b9-6+. The molecule has 2 rings (SSSR count). The molecule has 1 aromatic carbocycles. The zero-order chi connectivity index (χ0) is 15.1. The number of carbonyl (C=O) groups excluding carboxylic acids is 1. The molecule has 1 aliphatic rings. The van der Waals surface area contributed by atoms with Crippen molar-refractivity contribution in [2.45, 2.75) is 13.3 Å². The molecule has 1 N–H and O–H groups in total. The lowest BCUT2D eigenvalue weighted by Gasteiger charge is -2.14. The van der Waals surface area contributed by atoms with Crippen molar-refractivity contribution in [1.29, 1.82) is 0 Å². The number of rotatable bonds is 6. The Morgan fingerprint density at radius 1 is 1.43 bits per heavy atom. The Morgan fingerprint density at radius 2 is 2.19 bits per heavy atom. The van der Waals surface area contributed by atoms with E-state index in [1.165, 1.54) is 0 Å². The maximum absolute atomic E-state index is 12.1. The second-order valence-electron chi connectivity index (χ2n) is 5.33. The number of benzene rings is 1. The lowest BCUT2D eigenvalue weighted by molar-refractivity contribution is -0.125. The van der Waals surface area contributed by atoms with Crippen molar-refractivity contribution < 1.29 is 9.53 Å². The summed E-state index contributed by atoms with van der Waals surface area (Å²) in [6, 6.07) is 7.77. The first-order valence-corrected chi connectivity index (χ1v) is 7.57. The number of carbonyl (C=O) groups is 1. The summed E-state index contributed by atoms with van der Waals surface area (Å²) in [6.45, 7) is 5.32. The van der Waals surface area contributed by atoms with Crippen LogP contribution in [0, 0.1) is 5.92 Å². The summed E-state index contributed by atoms with van der Waals surface area (Å²) in [7, 11) is 1.95. The number of amides is 1. The van der Waals surface area contributed by atoms with Gasteiger partial charge in [0.05, 0.1) is 6.61 Å². The van der Waals surface area contributed by atoms with E-state index in [1.54, 1.807) is 6.08 Å². The van der Waals surface area contributed by atoms with Crippen LogP contribution in [0.5, 0.6) is 5.75 Å². The molecular weight excluding hydrogens is 264 g/mol. The highest BCUT2D eigenvalue weighted by molar-refractivity contribution is 5.91. The third kappa shape index (κ3) is 4.60. The van der Waals surface area contributed by atoms with E-state index in [-0.39, 0.29) is 5.91 Å². The molecule has 0 aromatic heterocycles. The molecule has 1 heterocycles. The third-order valence-electron chi connectivity index (χ3n) is 3.70. The van der Waals surface area contributed by atoms with E-state index in [1.807, 2.05) is 49.2 Å². The highest BCUT2D eigenvalue weighted by atomic mass is 16.5. The van der Waals surface area contributed by atoms with Gasteiger partial charge in [-0.05, 0) is 56.6 Å². The minimum atomic E-state index is 0.0995. The van der Waals surface area contributed by atoms with Crippen molar-refractivity contribution in [1.82, 2.24) is 10.2 Å². The van der Waals surface area contributed by atoms with E-state index < -0.39 is 0 Å². The number of ether oxygens (including phenoxy) is 1. The molecule has 4 heteroatoms. The predicted molar refractivity (Wildman–Crippen MR) is 85.3 cm³/mol. The largest absolute Gasteiger partial charge is 0.494 e. The van der Waals surface area contributed by atoms with Gasteiger partial charge in [0, 0.05) is 19.2 Å². The fourth-order valence-electron chi connectivity index (χ4n) is 2.60. The van der Waals surface area contributed by atoms with Crippen LogP contribution in [0.2, 0.25) is 0 Å². The van der Waals surface area contributed by atoms with Crippen LogP contribution in [0.1, 0.15) is 18.9 Å². The van der Waals surface area contributed by atoms with Crippen LogP contribution < -0.4 is 10.1 Å². The topological polar surface area (TPSA) is 41.6 Å². The highest BCUT2D eigenvalue weighted by Gasteiger charge is 2.24. The fraction of sp³-hybridized carbons (Fsp3) is 0.471. The van der Waals surface area contributed by atoms with Crippen LogP contribution in [0.4, 0.5) is 0 Å². The van der Waals surface area contributed by atoms with Gasteiger partial charge in [0.25, 0.3) is 0 Å². The maximum atomic E-state index is 12.1. The molecule has 0 saturated carbocycles. The Hall–Kier alpha value is -1.81. The van der Waals surface area contributed by atoms with Gasteiger partial charge in [0.2, 0.25) is 5.91 Å². The average molecular weight is 288 g/mol. The average Bonchev–Trinajstić information content (AvgIpc) is 2.96. The van der Waals surface area contributed by atoms with Gasteiger partial charge in [0.1, 0.15) is 5.75 Å². The van der Waals surface area contributed by atoms with Gasteiger partial charge in [-0.3, -0.25) is 4.79 Å². The zero-order valence-electron chi connectivity index (χ0n) is 12.8. The van der Waals surface area contributed by atoms with E-state index in [2.05, 4.69) is 5.32 Å². The monoisotopic (exact) mass is 288 g/mol. The van der Waals surface area contributed by atoms with Crippen LogP contribution in [-0.2, 0) is 4.79 Å². The SMILES string of the molecule is CCOc1ccc(/C=C/C(=O)N2CCC(CNC)C2)cc1. The van der Waals surface area contributed by atoms with E-state index in [4.69, 9.17) is 4.74 Å². The molecule has 0 aliphatic carbocycles. The number of hydrogen-bond acceptors (Lipinski definition) is 3. The second kappa shape index (κ2) is 7.84. The first-order valence-electron chi connectivity index (χ1n) is 7.57. The van der Waals surface area contributed by atoms with Gasteiger partial charge in [-0.1, -0.05) is 12.1 Å². The Labute approximate surface area is 126 Å². The van der Waals surface area contributed by atoms with Gasteiger partial charge in [-0.15, -0.1) is 0 Å². The number of nitrogens with zero attached hydrogens (tertiary/aromatic N) is 1. The van der Waals surface area contributed by atoms with Crippen molar-refractivity contribution in [3.63, 3.8) is 0 Å². The molecule has 1 unspecified atom stereocenters. The van der Waals surface area contributed by atoms with Crippen LogP contribution in [-0.4, -0.2) is 44.1 Å². The lowest BCUT2D eigenvalue weighted by atomic mass is 10.1. The molecule has 1 fully saturated rings. The van der Waals surface area contributed by atoms with E-state index >= 15 is 0 Å². The molecular formula is C17H24N2O2. The van der Waals surface area contributed by atoms with Gasteiger partial charge >= 0.3 is 0 Å². The van der Waals surface area contributed by atoms with Crippen molar-refractivity contribution in [3.8, 4) is 5.75 Å². The van der Waals surface area contributed by atoms with Crippen molar-refractivity contribution in [2.75, 3.05) is 33.3 Å². The normalized spacial score (nSPS) is 18.4. The predicted octanol–water partition coefficient (Wildman–Crippen LogP) is 2.17. The van der Waals surface area contributed by atoms with Crippen molar-refractivity contribution in [3.05, 3.63) is 35.9 Å². The van der Waals surface area contributed by atoms with Crippen LogP contribution in [0.25, 0.3) is 6.08 Å². The second-order valence-corrected chi connectivity index (χ2v) is 5.33. The summed E-state index contributed by atoms with van der Waals surface area (Å²) < 4.78 is 5.40. The quantitative estimate of drug-likeness (QED) is 0.816. The molecule has 114 valence electrons. The van der Waals surface area contributed by atoms with E-state index in [0.29, 0.717) is 12.5 Å². The zero-order valence-corrected chi connectivity index (χ0v) is 12.8. The highest BCUT2D eigenvalue weighted by Crippen LogP contribution is 2.17. The van der Waals surface area contributed by atoms with E-state index in [9.17, 15) is 4.79 Å².